The SMILES string of the molecule is COc1ccc([C@H]2[C@H](CO)OCCN2C(=O)c2cccc(N(C)C)c2)cc1OC. The number of carbonyl (C=O) groups is 1. The van der Waals surface area contributed by atoms with Crippen molar-refractivity contribution in [3.8, 4) is 11.5 Å². The number of amides is 1. The molecule has 1 N–H and O–H groups in total. The van der Waals surface area contributed by atoms with Crippen molar-refractivity contribution in [2.24, 2.45) is 0 Å². The van der Waals surface area contributed by atoms with Crippen molar-refractivity contribution >= 4 is 11.6 Å². The van der Waals surface area contributed by atoms with Crippen LogP contribution in [0.5, 0.6) is 11.5 Å². The van der Waals surface area contributed by atoms with Crippen LogP contribution in [-0.4, -0.2) is 70.1 Å². The van der Waals surface area contributed by atoms with Crippen molar-refractivity contribution in [2.45, 2.75) is 12.1 Å². The molecule has 29 heavy (non-hydrogen) atoms. The van der Waals surface area contributed by atoms with Gasteiger partial charge in [0.25, 0.3) is 5.91 Å². The minimum Gasteiger partial charge on any atom is -0.493 e. The van der Waals surface area contributed by atoms with E-state index in [0.29, 0.717) is 30.2 Å². The number of rotatable bonds is 6. The highest BCUT2D eigenvalue weighted by Gasteiger charge is 2.37. The number of benzene rings is 2. The summed E-state index contributed by atoms with van der Waals surface area (Å²) in [5.74, 6) is 1.06. The van der Waals surface area contributed by atoms with Crippen LogP contribution in [0, 0.1) is 0 Å². The molecule has 0 aromatic heterocycles. The second-order valence-corrected chi connectivity index (χ2v) is 7.09. The first-order valence-corrected chi connectivity index (χ1v) is 9.53. The predicted octanol–water partition coefficient (Wildman–Crippen LogP) is 2.34. The van der Waals surface area contributed by atoms with E-state index in [1.54, 1.807) is 25.2 Å². The zero-order chi connectivity index (χ0) is 21.0. The van der Waals surface area contributed by atoms with E-state index in [1.165, 1.54) is 0 Å². The van der Waals surface area contributed by atoms with Crippen LogP contribution in [0.4, 0.5) is 5.69 Å². The standard InChI is InChI=1S/C22H28N2O5/c1-23(2)17-7-5-6-16(12-17)22(26)24-10-11-29-20(14-25)21(24)15-8-9-18(27-3)19(13-15)28-4/h5-9,12-13,20-21,25H,10-11,14H2,1-4H3/t20-,21-/m0/s1. The monoisotopic (exact) mass is 400 g/mol. The van der Waals surface area contributed by atoms with Crippen molar-refractivity contribution in [3.63, 3.8) is 0 Å². The van der Waals surface area contributed by atoms with E-state index >= 15 is 0 Å². The molecule has 156 valence electrons. The van der Waals surface area contributed by atoms with E-state index in [1.807, 2.05) is 55.4 Å². The van der Waals surface area contributed by atoms with E-state index in [2.05, 4.69) is 0 Å². The molecule has 0 saturated carbocycles. The number of hydrogen-bond acceptors (Lipinski definition) is 6. The molecule has 2 aromatic rings. The zero-order valence-electron chi connectivity index (χ0n) is 17.3. The van der Waals surface area contributed by atoms with Crippen LogP contribution < -0.4 is 14.4 Å². The topological polar surface area (TPSA) is 71.5 Å². The lowest BCUT2D eigenvalue weighted by molar-refractivity contribution is -0.0811. The molecule has 2 atom stereocenters. The molecule has 1 heterocycles. The van der Waals surface area contributed by atoms with Crippen molar-refractivity contribution in [2.75, 3.05) is 53.0 Å². The lowest BCUT2D eigenvalue weighted by Gasteiger charge is -2.41. The number of nitrogens with zero attached hydrogens (tertiary/aromatic N) is 2. The number of anilines is 1. The maximum atomic E-state index is 13.4. The Morgan fingerprint density at radius 3 is 2.59 bits per heavy atom. The minimum absolute atomic E-state index is 0.102. The molecule has 0 unspecified atom stereocenters. The summed E-state index contributed by atoms with van der Waals surface area (Å²) < 4.78 is 16.5. The van der Waals surface area contributed by atoms with Crippen LogP contribution in [0.3, 0.4) is 0 Å². The average Bonchev–Trinajstić information content (AvgIpc) is 2.77. The van der Waals surface area contributed by atoms with Gasteiger partial charge in [-0.1, -0.05) is 12.1 Å². The lowest BCUT2D eigenvalue weighted by atomic mass is 9.96. The van der Waals surface area contributed by atoms with Crippen LogP contribution in [0.1, 0.15) is 22.0 Å². The third-order valence-electron chi connectivity index (χ3n) is 5.15. The molecule has 3 rings (SSSR count). The van der Waals surface area contributed by atoms with Gasteiger partial charge in [0.1, 0.15) is 6.10 Å². The molecular formula is C22H28N2O5. The van der Waals surface area contributed by atoms with Gasteiger partial charge in [-0.2, -0.15) is 0 Å². The summed E-state index contributed by atoms with van der Waals surface area (Å²) in [7, 11) is 7.02. The molecule has 2 aromatic carbocycles. The maximum absolute atomic E-state index is 13.4. The Hall–Kier alpha value is -2.77. The fourth-order valence-corrected chi connectivity index (χ4v) is 3.63. The van der Waals surface area contributed by atoms with Gasteiger partial charge in [-0.05, 0) is 35.9 Å². The van der Waals surface area contributed by atoms with Crippen molar-refractivity contribution in [1.82, 2.24) is 4.90 Å². The Labute approximate surface area is 171 Å². The van der Waals surface area contributed by atoms with Gasteiger partial charge in [0.15, 0.2) is 11.5 Å². The van der Waals surface area contributed by atoms with E-state index in [0.717, 1.165) is 11.3 Å². The first kappa shape index (κ1) is 21.0. The Morgan fingerprint density at radius 1 is 1.17 bits per heavy atom. The number of ether oxygens (including phenoxy) is 3. The van der Waals surface area contributed by atoms with E-state index in [9.17, 15) is 9.90 Å². The van der Waals surface area contributed by atoms with Crippen LogP contribution in [0.2, 0.25) is 0 Å². The number of aliphatic hydroxyl groups is 1. The van der Waals surface area contributed by atoms with E-state index in [4.69, 9.17) is 14.2 Å². The molecule has 1 aliphatic rings. The largest absolute Gasteiger partial charge is 0.493 e. The Morgan fingerprint density at radius 2 is 1.93 bits per heavy atom. The van der Waals surface area contributed by atoms with Gasteiger partial charge in [0.2, 0.25) is 0 Å². The van der Waals surface area contributed by atoms with Gasteiger partial charge in [0, 0.05) is 31.9 Å². The molecule has 1 fully saturated rings. The molecule has 0 aliphatic carbocycles. The van der Waals surface area contributed by atoms with Gasteiger partial charge in [-0.3, -0.25) is 4.79 Å². The summed E-state index contributed by atoms with van der Waals surface area (Å²) in [5.41, 5.74) is 2.37. The number of morpholine rings is 1. The van der Waals surface area contributed by atoms with E-state index < -0.39 is 12.1 Å². The van der Waals surface area contributed by atoms with E-state index in [-0.39, 0.29) is 12.5 Å². The highest BCUT2D eigenvalue weighted by molar-refractivity contribution is 5.95. The predicted molar refractivity (Wildman–Crippen MR) is 111 cm³/mol. The molecular weight excluding hydrogens is 372 g/mol. The van der Waals surface area contributed by atoms with Crippen LogP contribution >= 0.6 is 0 Å². The zero-order valence-corrected chi connectivity index (χ0v) is 17.3. The summed E-state index contributed by atoms with van der Waals surface area (Å²) in [6.07, 6.45) is -0.525. The van der Waals surface area contributed by atoms with Crippen molar-refractivity contribution in [3.05, 3.63) is 53.6 Å². The summed E-state index contributed by atoms with van der Waals surface area (Å²) in [5, 5.41) is 9.91. The quantitative estimate of drug-likeness (QED) is 0.803. The number of aliphatic hydroxyl groups excluding tert-OH is 1. The van der Waals surface area contributed by atoms with Gasteiger partial charge >= 0.3 is 0 Å². The first-order chi connectivity index (χ1) is 14.0. The summed E-state index contributed by atoms with van der Waals surface area (Å²) in [4.78, 5) is 17.1. The first-order valence-electron chi connectivity index (χ1n) is 9.53. The fraction of sp³-hybridized carbons (Fsp3) is 0.409. The lowest BCUT2D eigenvalue weighted by Crippen LogP contribution is -2.49. The third kappa shape index (κ3) is 4.31. The molecule has 0 bridgehead atoms. The molecule has 0 spiro atoms. The van der Waals surface area contributed by atoms with Crippen LogP contribution in [-0.2, 0) is 4.74 Å². The minimum atomic E-state index is -0.525. The number of hydrogen-bond donors (Lipinski definition) is 1. The van der Waals surface area contributed by atoms with Gasteiger partial charge in [0.05, 0.1) is 33.5 Å². The van der Waals surface area contributed by atoms with Crippen LogP contribution in [0.15, 0.2) is 42.5 Å². The average molecular weight is 400 g/mol. The summed E-state index contributed by atoms with van der Waals surface area (Å²) in [6.45, 7) is 0.606. The third-order valence-corrected chi connectivity index (χ3v) is 5.15. The molecule has 7 heteroatoms. The van der Waals surface area contributed by atoms with Crippen molar-refractivity contribution in [1.29, 1.82) is 0 Å². The second kappa shape index (κ2) is 9.15. The van der Waals surface area contributed by atoms with Gasteiger partial charge in [-0.15, -0.1) is 0 Å². The highest BCUT2D eigenvalue weighted by atomic mass is 16.5. The molecule has 7 nitrogen and oxygen atoms in total. The Bertz CT molecular complexity index is 855. The molecule has 0 radical (unpaired) electrons. The Kier molecular flexibility index (Phi) is 6.61. The van der Waals surface area contributed by atoms with Gasteiger partial charge in [-0.25, -0.2) is 0 Å². The number of carbonyl (C=O) groups excluding carboxylic acids is 1. The highest BCUT2D eigenvalue weighted by Crippen LogP contribution is 2.36. The second-order valence-electron chi connectivity index (χ2n) is 7.09. The maximum Gasteiger partial charge on any atom is 0.254 e. The van der Waals surface area contributed by atoms with Crippen molar-refractivity contribution < 1.29 is 24.1 Å². The smallest absolute Gasteiger partial charge is 0.254 e. The molecule has 1 aliphatic heterocycles. The van der Waals surface area contributed by atoms with Crippen LogP contribution in [0.25, 0.3) is 0 Å². The summed E-state index contributed by atoms with van der Waals surface area (Å²) >= 11 is 0. The molecule has 1 saturated heterocycles. The molecule has 1 amide bonds. The number of methoxy groups -OCH3 is 2. The summed E-state index contributed by atoms with van der Waals surface area (Å²) in [6, 6.07) is 12.6. The fourth-order valence-electron chi connectivity index (χ4n) is 3.63. The van der Waals surface area contributed by atoms with Gasteiger partial charge < -0.3 is 29.1 Å². The Balaban J connectivity index is 2.00. The normalized spacial score (nSPS) is 19.0.